The SMILES string of the molecule is CC(=O)c1c(C)[nH]c2ccc(F)cc12. The number of H-pyrrole nitrogens is 1. The van der Waals surface area contributed by atoms with Crippen molar-refractivity contribution in [2.45, 2.75) is 13.8 Å². The largest absolute Gasteiger partial charge is 0.358 e. The molecule has 0 unspecified atom stereocenters. The zero-order valence-electron chi connectivity index (χ0n) is 8.02. The first-order chi connectivity index (χ1) is 6.59. The molecular weight excluding hydrogens is 181 g/mol. The van der Waals surface area contributed by atoms with Gasteiger partial charge in [-0.15, -0.1) is 0 Å². The summed E-state index contributed by atoms with van der Waals surface area (Å²) in [5, 5.41) is 0.662. The predicted octanol–water partition coefficient (Wildman–Crippen LogP) is 2.82. The molecule has 2 rings (SSSR count). The average molecular weight is 191 g/mol. The lowest BCUT2D eigenvalue weighted by Gasteiger charge is -1.94. The van der Waals surface area contributed by atoms with E-state index in [2.05, 4.69) is 4.98 Å². The van der Waals surface area contributed by atoms with Crippen molar-refractivity contribution in [1.29, 1.82) is 0 Å². The minimum Gasteiger partial charge on any atom is -0.358 e. The van der Waals surface area contributed by atoms with Crippen molar-refractivity contribution in [3.05, 3.63) is 35.3 Å². The molecule has 1 heterocycles. The minimum atomic E-state index is -0.320. The highest BCUT2D eigenvalue weighted by Crippen LogP contribution is 2.23. The number of benzene rings is 1. The number of ketones is 1. The van der Waals surface area contributed by atoms with Crippen LogP contribution < -0.4 is 0 Å². The molecule has 0 saturated heterocycles. The Kier molecular flexibility index (Phi) is 1.88. The molecule has 0 aliphatic rings. The second-order valence-corrected chi connectivity index (χ2v) is 3.37. The van der Waals surface area contributed by atoms with Gasteiger partial charge in [-0.2, -0.15) is 0 Å². The molecule has 0 amide bonds. The molecule has 3 heteroatoms. The van der Waals surface area contributed by atoms with E-state index in [1.165, 1.54) is 19.1 Å². The summed E-state index contributed by atoms with van der Waals surface area (Å²) in [5.41, 5.74) is 2.17. The van der Waals surface area contributed by atoms with Crippen molar-refractivity contribution >= 4 is 16.7 Å². The number of Topliss-reactive ketones (excluding diaryl/α,β-unsaturated/α-hetero) is 1. The summed E-state index contributed by atoms with van der Waals surface area (Å²) in [5.74, 6) is -0.363. The lowest BCUT2D eigenvalue weighted by molar-refractivity contribution is 0.101. The van der Waals surface area contributed by atoms with Gasteiger partial charge in [-0.05, 0) is 32.0 Å². The van der Waals surface area contributed by atoms with Gasteiger partial charge in [-0.3, -0.25) is 4.79 Å². The van der Waals surface area contributed by atoms with Crippen LogP contribution in [0.15, 0.2) is 18.2 Å². The highest BCUT2D eigenvalue weighted by atomic mass is 19.1. The third kappa shape index (κ3) is 1.21. The Balaban J connectivity index is 2.86. The van der Waals surface area contributed by atoms with Crippen LogP contribution in [0, 0.1) is 12.7 Å². The van der Waals surface area contributed by atoms with Crippen LogP contribution in [0.2, 0.25) is 0 Å². The molecule has 1 aromatic heterocycles. The zero-order valence-corrected chi connectivity index (χ0v) is 8.02. The summed E-state index contributed by atoms with van der Waals surface area (Å²) >= 11 is 0. The van der Waals surface area contributed by atoms with E-state index >= 15 is 0 Å². The lowest BCUT2D eigenvalue weighted by atomic mass is 10.1. The van der Waals surface area contributed by atoms with Crippen molar-refractivity contribution in [2.24, 2.45) is 0 Å². The van der Waals surface area contributed by atoms with Gasteiger partial charge in [0.2, 0.25) is 0 Å². The number of hydrogen-bond acceptors (Lipinski definition) is 1. The van der Waals surface area contributed by atoms with Crippen molar-refractivity contribution < 1.29 is 9.18 Å². The number of aromatic nitrogens is 1. The first kappa shape index (κ1) is 8.94. The standard InChI is InChI=1S/C11H10FNO/c1-6-11(7(2)14)9-5-8(12)3-4-10(9)13-6/h3-5,13H,1-2H3. The van der Waals surface area contributed by atoms with Crippen LogP contribution in [-0.2, 0) is 0 Å². The van der Waals surface area contributed by atoms with Gasteiger partial charge >= 0.3 is 0 Å². The minimum absolute atomic E-state index is 0.0423. The van der Waals surface area contributed by atoms with Crippen molar-refractivity contribution in [1.82, 2.24) is 4.98 Å². The molecular formula is C11H10FNO. The molecule has 0 aliphatic heterocycles. The quantitative estimate of drug-likeness (QED) is 0.691. The summed E-state index contributed by atoms with van der Waals surface area (Å²) in [4.78, 5) is 14.4. The number of halogens is 1. The maximum absolute atomic E-state index is 13.0. The predicted molar refractivity (Wildman–Crippen MR) is 53.0 cm³/mol. The summed E-state index contributed by atoms with van der Waals surface area (Å²) in [7, 11) is 0. The monoisotopic (exact) mass is 191 g/mol. The summed E-state index contributed by atoms with van der Waals surface area (Å²) in [6.07, 6.45) is 0. The van der Waals surface area contributed by atoms with E-state index in [1.54, 1.807) is 6.07 Å². The fourth-order valence-corrected chi connectivity index (χ4v) is 1.75. The van der Waals surface area contributed by atoms with Crippen LogP contribution >= 0.6 is 0 Å². The number of nitrogens with one attached hydrogen (secondary N) is 1. The third-order valence-corrected chi connectivity index (χ3v) is 2.30. The molecule has 0 saturated carbocycles. The Hall–Kier alpha value is -1.64. The van der Waals surface area contributed by atoms with Gasteiger partial charge in [0.1, 0.15) is 5.82 Å². The van der Waals surface area contributed by atoms with E-state index < -0.39 is 0 Å². The Morgan fingerprint density at radius 3 is 2.79 bits per heavy atom. The second kappa shape index (κ2) is 2.94. The van der Waals surface area contributed by atoms with Crippen LogP contribution in [0.4, 0.5) is 4.39 Å². The van der Waals surface area contributed by atoms with Gasteiger partial charge in [0.15, 0.2) is 5.78 Å². The Morgan fingerprint density at radius 2 is 2.14 bits per heavy atom. The Bertz CT molecular complexity index is 513. The molecule has 72 valence electrons. The first-order valence-electron chi connectivity index (χ1n) is 4.38. The van der Waals surface area contributed by atoms with Gasteiger partial charge in [0.25, 0.3) is 0 Å². The smallest absolute Gasteiger partial charge is 0.162 e. The summed E-state index contributed by atoms with van der Waals surface area (Å²) < 4.78 is 13.0. The van der Waals surface area contributed by atoms with Gasteiger partial charge in [-0.25, -0.2) is 4.39 Å². The van der Waals surface area contributed by atoms with Gasteiger partial charge in [0, 0.05) is 22.2 Å². The van der Waals surface area contributed by atoms with Crippen LogP contribution in [0.1, 0.15) is 23.0 Å². The normalized spacial score (nSPS) is 10.8. The highest BCUT2D eigenvalue weighted by molar-refractivity contribution is 6.08. The fraction of sp³-hybridized carbons (Fsp3) is 0.182. The molecule has 0 aliphatic carbocycles. The third-order valence-electron chi connectivity index (χ3n) is 2.30. The van der Waals surface area contributed by atoms with Crippen LogP contribution in [0.25, 0.3) is 10.9 Å². The molecule has 1 N–H and O–H groups in total. The molecule has 1 aromatic carbocycles. The number of aryl methyl sites for hydroxylation is 1. The summed E-state index contributed by atoms with van der Waals surface area (Å²) in [6.45, 7) is 3.30. The number of carbonyl (C=O) groups is 1. The van der Waals surface area contributed by atoms with Gasteiger partial charge in [0.05, 0.1) is 0 Å². The fourth-order valence-electron chi connectivity index (χ4n) is 1.75. The molecule has 0 bridgehead atoms. The van der Waals surface area contributed by atoms with E-state index in [4.69, 9.17) is 0 Å². The molecule has 0 atom stereocenters. The molecule has 0 radical (unpaired) electrons. The average Bonchev–Trinajstić information content (AvgIpc) is 2.40. The van der Waals surface area contributed by atoms with Crippen molar-refractivity contribution in [3.63, 3.8) is 0 Å². The van der Waals surface area contributed by atoms with Crippen LogP contribution in [0.5, 0.6) is 0 Å². The molecule has 2 aromatic rings. The van der Waals surface area contributed by atoms with Crippen LogP contribution in [0.3, 0.4) is 0 Å². The van der Waals surface area contributed by atoms with Crippen molar-refractivity contribution in [3.8, 4) is 0 Å². The maximum Gasteiger partial charge on any atom is 0.162 e. The number of hydrogen-bond donors (Lipinski definition) is 1. The molecule has 0 fully saturated rings. The topological polar surface area (TPSA) is 32.9 Å². The van der Waals surface area contributed by atoms with E-state index in [9.17, 15) is 9.18 Å². The number of fused-ring (bicyclic) bond motifs is 1. The highest BCUT2D eigenvalue weighted by Gasteiger charge is 2.12. The zero-order chi connectivity index (χ0) is 10.3. The Labute approximate surface area is 80.7 Å². The molecule has 0 spiro atoms. The number of carbonyl (C=O) groups excluding carboxylic acids is 1. The number of rotatable bonds is 1. The van der Waals surface area contributed by atoms with Gasteiger partial charge < -0.3 is 4.98 Å². The van der Waals surface area contributed by atoms with Crippen molar-refractivity contribution in [2.75, 3.05) is 0 Å². The maximum atomic E-state index is 13.0. The number of aromatic amines is 1. The second-order valence-electron chi connectivity index (χ2n) is 3.37. The van der Waals surface area contributed by atoms with E-state index in [0.29, 0.717) is 10.9 Å². The van der Waals surface area contributed by atoms with E-state index in [-0.39, 0.29) is 11.6 Å². The van der Waals surface area contributed by atoms with Crippen LogP contribution in [-0.4, -0.2) is 10.8 Å². The summed E-state index contributed by atoms with van der Waals surface area (Å²) in [6, 6.07) is 4.40. The van der Waals surface area contributed by atoms with E-state index in [1.807, 2.05) is 6.92 Å². The van der Waals surface area contributed by atoms with Gasteiger partial charge in [-0.1, -0.05) is 0 Å². The first-order valence-corrected chi connectivity index (χ1v) is 4.38. The lowest BCUT2D eigenvalue weighted by Crippen LogP contribution is -1.92. The molecule has 14 heavy (non-hydrogen) atoms. The Morgan fingerprint density at radius 1 is 1.43 bits per heavy atom. The molecule has 2 nitrogen and oxygen atoms in total. The van der Waals surface area contributed by atoms with E-state index in [0.717, 1.165) is 11.2 Å².